The Bertz CT molecular complexity index is 226. The molecule has 0 aliphatic rings. The maximum Gasteiger partial charge on any atom is 0 e. The van der Waals surface area contributed by atoms with E-state index in [1.165, 1.54) is 41.5 Å². The van der Waals surface area contributed by atoms with Crippen LogP contribution < -0.4 is 0 Å². The van der Waals surface area contributed by atoms with Crippen molar-refractivity contribution in [3.63, 3.8) is 0 Å². The first-order valence-corrected chi connectivity index (χ1v) is 6.09. The average molecular weight is 392 g/mol. The molecule has 0 amide bonds. The predicted octanol–water partition coefficient (Wildman–Crippen LogP) is 5.01. The molecule has 0 fully saturated rings. The maximum absolute atomic E-state index is 3.52. The molecule has 0 aliphatic carbocycles. The van der Waals surface area contributed by atoms with Gasteiger partial charge in [-0.15, -0.1) is 38.3 Å². The molecule has 0 saturated carbocycles. The molecule has 1 aromatic rings. The average Bonchev–Trinajstić information content (AvgIpc) is 2.46. The summed E-state index contributed by atoms with van der Waals surface area (Å²) in [4.78, 5) is 0. The van der Waals surface area contributed by atoms with Gasteiger partial charge in [0.15, 0.2) is 0 Å². The van der Waals surface area contributed by atoms with Crippen LogP contribution in [0, 0.1) is 5.38 Å². The van der Waals surface area contributed by atoms with Crippen molar-refractivity contribution >= 4 is 44.2 Å². The van der Waals surface area contributed by atoms with Crippen molar-refractivity contribution in [2.24, 2.45) is 0 Å². The molecule has 78 valence electrons. The molecule has 0 aromatic carbocycles. The molecule has 0 spiro atoms. The van der Waals surface area contributed by atoms with E-state index in [1.54, 1.807) is 11.3 Å². The molecule has 0 aliphatic heterocycles. The molecule has 0 atom stereocenters. The SMILES string of the molecule is Br.CCCCCCc1c[c-]sc1Br.[Zn]. The van der Waals surface area contributed by atoms with Gasteiger partial charge in [0.2, 0.25) is 0 Å². The minimum absolute atomic E-state index is 0. The van der Waals surface area contributed by atoms with Gasteiger partial charge in [-0.25, -0.2) is 0 Å². The van der Waals surface area contributed by atoms with Crippen molar-refractivity contribution < 1.29 is 19.5 Å². The minimum atomic E-state index is 0. The number of aryl methyl sites for hydroxylation is 1. The summed E-state index contributed by atoms with van der Waals surface area (Å²) in [5.74, 6) is 0. The fourth-order valence-electron chi connectivity index (χ4n) is 1.19. The van der Waals surface area contributed by atoms with Crippen LogP contribution >= 0.6 is 44.2 Å². The van der Waals surface area contributed by atoms with Gasteiger partial charge in [-0.05, 0) is 0 Å². The molecular formula is C10H15Br2SZn-. The third-order valence-electron chi connectivity index (χ3n) is 1.93. The fraction of sp³-hybridized carbons (Fsp3) is 0.600. The second kappa shape index (κ2) is 10.8. The summed E-state index contributed by atoms with van der Waals surface area (Å²) < 4.78 is 1.26. The largest absolute Gasteiger partial charge is 0.289 e. The first kappa shape index (κ1) is 17.7. The smallest absolute Gasteiger partial charge is 0 e. The number of rotatable bonds is 5. The summed E-state index contributed by atoms with van der Waals surface area (Å²) >= 11 is 5.18. The van der Waals surface area contributed by atoms with E-state index in [0.717, 1.165) is 0 Å². The minimum Gasteiger partial charge on any atom is -0.289 e. The van der Waals surface area contributed by atoms with E-state index in [9.17, 15) is 0 Å². The molecule has 0 nitrogen and oxygen atoms in total. The summed E-state index contributed by atoms with van der Waals surface area (Å²) in [6.45, 7) is 2.24. The van der Waals surface area contributed by atoms with Gasteiger partial charge in [-0.3, -0.25) is 11.3 Å². The van der Waals surface area contributed by atoms with Crippen LogP contribution in [0.2, 0.25) is 0 Å². The Balaban J connectivity index is 0. The van der Waals surface area contributed by atoms with E-state index >= 15 is 0 Å². The first-order chi connectivity index (χ1) is 5.84. The monoisotopic (exact) mass is 389 g/mol. The maximum atomic E-state index is 3.52. The van der Waals surface area contributed by atoms with E-state index in [4.69, 9.17) is 0 Å². The van der Waals surface area contributed by atoms with Crippen LogP contribution in [0.4, 0.5) is 0 Å². The van der Waals surface area contributed by atoms with Crippen LogP contribution in [0.25, 0.3) is 0 Å². The molecule has 1 heterocycles. The van der Waals surface area contributed by atoms with E-state index < -0.39 is 0 Å². The molecule has 0 unspecified atom stereocenters. The topological polar surface area (TPSA) is 0 Å². The summed E-state index contributed by atoms with van der Waals surface area (Å²) in [7, 11) is 0. The zero-order valence-corrected chi connectivity index (χ0v) is 15.6. The normalized spacial score (nSPS) is 9.00. The Morgan fingerprint density at radius 2 is 2.07 bits per heavy atom. The summed E-state index contributed by atoms with van der Waals surface area (Å²) in [5, 5.41) is 3.13. The zero-order chi connectivity index (χ0) is 8.81. The van der Waals surface area contributed by atoms with Gasteiger partial charge in [0, 0.05) is 19.5 Å². The van der Waals surface area contributed by atoms with Crippen molar-refractivity contribution in [2.75, 3.05) is 0 Å². The van der Waals surface area contributed by atoms with Crippen LogP contribution in [-0.4, -0.2) is 0 Å². The van der Waals surface area contributed by atoms with E-state index in [2.05, 4.69) is 34.3 Å². The van der Waals surface area contributed by atoms with Crippen molar-refractivity contribution in [3.05, 3.63) is 20.8 Å². The van der Waals surface area contributed by atoms with Crippen LogP contribution in [0.3, 0.4) is 0 Å². The Morgan fingerprint density at radius 3 is 2.57 bits per heavy atom. The van der Waals surface area contributed by atoms with Gasteiger partial charge in [0.25, 0.3) is 0 Å². The first-order valence-electron chi connectivity index (χ1n) is 4.49. The molecule has 0 radical (unpaired) electrons. The second-order valence-electron chi connectivity index (χ2n) is 2.97. The fourth-order valence-corrected chi connectivity index (χ4v) is 2.38. The molecule has 14 heavy (non-hydrogen) atoms. The number of halogens is 2. The molecule has 0 saturated heterocycles. The van der Waals surface area contributed by atoms with Gasteiger partial charge in [0.05, 0.1) is 0 Å². The molecule has 1 rings (SSSR count). The number of thiophene rings is 1. The number of hydrogen-bond acceptors (Lipinski definition) is 1. The van der Waals surface area contributed by atoms with Crippen LogP contribution in [-0.2, 0) is 25.9 Å². The summed E-state index contributed by atoms with van der Waals surface area (Å²) in [5.41, 5.74) is 1.43. The quantitative estimate of drug-likeness (QED) is 0.375. The zero-order valence-electron chi connectivity index (χ0n) is 8.51. The Morgan fingerprint density at radius 1 is 1.36 bits per heavy atom. The standard InChI is InChI=1S/C10H14BrS.BrH.Zn/c1-2-3-4-5-6-9-7-8-12-10(9)11;;/h7H,2-6H2,1H3;1H;/q-1;;. The summed E-state index contributed by atoms with van der Waals surface area (Å²) in [6.07, 6.45) is 6.57. The predicted molar refractivity (Wildman–Crippen MR) is 69.0 cm³/mol. The van der Waals surface area contributed by atoms with Crippen molar-refractivity contribution in [3.8, 4) is 0 Å². The third kappa shape index (κ3) is 6.71. The Hall–Kier alpha value is 1.28. The molecule has 0 bridgehead atoms. The van der Waals surface area contributed by atoms with E-state index in [1.807, 2.05) is 0 Å². The Kier molecular flexibility index (Phi) is 13.6. The molecular weight excluding hydrogens is 377 g/mol. The molecule has 0 N–H and O–H groups in total. The third-order valence-corrected chi connectivity index (χ3v) is 3.61. The van der Waals surface area contributed by atoms with Crippen LogP contribution in [0.15, 0.2) is 9.85 Å². The van der Waals surface area contributed by atoms with Gasteiger partial charge in [0.1, 0.15) is 0 Å². The van der Waals surface area contributed by atoms with Crippen molar-refractivity contribution in [2.45, 2.75) is 39.0 Å². The van der Waals surface area contributed by atoms with Gasteiger partial charge in [-0.1, -0.05) is 42.8 Å². The van der Waals surface area contributed by atoms with Gasteiger partial charge < -0.3 is 0 Å². The number of hydrogen-bond donors (Lipinski definition) is 0. The van der Waals surface area contributed by atoms with Crippen LogP contribution in [0.1, 0.15) is 38.2 Å². The second-order valence-corrected chi connectivity index (χ2v) is 5.14. The Labute approximate surface area is 123 Å². The molecule has 1 aromatic heterocycles. The van der Waals surface area contributed by atoms with E-state index in [-0.39, 0.29) is 36.5 Å². The number of unbranched alkanes of at least 4 members (excludes halogenated alkanes) is 3. The van der Waals surface area contributed by atoms with Crippen molar-refractivity contribution in [1.82, 2.24) is 0 Å². The van der Waals surface area contributed by atoms with Crippen LogP contribution in [0.5, 0.6) is 0 Å². The summed E-state index contributed by atoms with van der Waals surface area (Å²) in [6, 6.07) is 2.10. The van der Waals surface area contributed by atoms with E-state index in [0.29, 0.717) is 0 Å². The molecule has 4 heteroatoms. The van der Waals surface area contributed by atoms with Crippen molar-refractivity contribution in [1.29, 1.82) is 0 Å². The van der Waals surface area contributed by atoms with Gasteiger partial charge in [-0.2, -0.15) is 11.6 Å². The van der Waals surface area contributed by atoms with Gasteiger partial charge >= 0.3 is 0 Å².